The second-order valence-corrected chi connectivity index (χ2v) is 5.85. The molecule has 1 aromatic heterocycles. The maximum Gasteiger partial charge on any atom is 0.182 e. The Kier molecular flexibility index (Phi) is 3.34. The molecular weight excluding hydrogens is 258 g/mol. The molecule has 0 bridgehead atoms. The highest BCUT2D eigenvalue weighted by atomic mass is 32.1. The van der Waals surface area contributed by atoms with E-state index in [1.807, 2.05) is 18.2 Å². The summed E-state index contributed by atoms with van der Waals surface area (Å²) < 4.78 is 5.22. The van der Waals surface area contributed by atoms with E-state index in [4.69, 9.17) is 4.74 Å². The van der Waals surface area contributed by atoms with Crippen LogP contribution in [0, 0.1) is 0 Å². The molecule has 98 valence electrons. The van der Waals surface area contributed by atoms with Crippen LogP contribution in [0.2, 0.25) is 0 Å². The Hall–Kier alpha value is -1.68. The first-order chi connectivity index (χ1) is 9.26. The first kappa shape index (κ1) is 12.4. The maximum absolute atomic E-state index is 11.8. The molecule has 1 aliphatic rings. The fourth-order valence-electron chi connectivity index (χ4n) is 2.35. The zero-order valence-corrected chi connectivity index (χ0v) is 11.6. The van der Waals surface area contributed by atoms with Crippen LogP contribution in [0.3, 0.4) is 0 Å². The van der Waals surface area contributed by atoms with E-state index < -0.39 is 0 Å². The van der Waals surface area contributed by atoms with E-state index in [-0.39, 0.29) is 5.78 Å². The zero-order valence-electron chi connectivity index (χ0n) is 10.8. The predicted molar refractivity (Wildman–Crippen MR) is 75.2 cm³/mol. The third-order valence-corrected chi connectivity index (χ3v) is 4.42. The molecule has 0 unspecified atom stereocenters. The van der Waals surface area contributed by atoms with Crippen LogP contribution in [-0.4, -0.2) is 17.9 Å². The molecule has 0 atom stereocenters. The number of aryl methyl sites for hydroxylation is 1. The highest BCUT2D eigenvalue weighted by Crippen LogP contribution is 2.28. The van der Waals surface area contributed by atoms with Crippen LogP contribution in [0.4, 0.5) is 0 Å². The molecule has 0 saturated heterocycles. The van der Waals surface area contributed by atoms with Crippen LogP contribution in [0.5, 0.6) is 5.75 Å². The number of hydrogen-bond donors (Lipinski definition) is 0. The minimum absolute atomic E-state index is 0.203. The second kappa shape index (κ2) is 5.13. The Balaban J connectivity index is 1.85. The number of fused-ring (bicyclic) bond motifs is 1. The Bertz CT molecular complexity index is 618. The summed E-state index contributed by atoms with van der Waals surface area (Å²) in [5.74, 6) is 1.06. The average Bonchev–Trinajstić information content (AvgIpc) is 2.83. The normalized spacial score (nSPS) is 14.3. The van der Waals surface area contributed by atoms with Crippen molar-refractivity contribution in [2.75, 3.05) is 7.11 Å². The summed E-state index contributed by atoms with van der Waals surface area (Å²) in [5.41, 5.74) is 1.88. The fraction of sp³-hybridized carbons (Fsp3) is 0.333. The number of thiazole rings is 1. The molecule has 0 fully saturated rings. The van der Waals surface area contributed by atoms with Gasteiger partial charge in [0.15, 0.2) is 5.78 Å². The highest BCUT2D eigenvalue weighted by Gasteiger charge is 2.22. The van der Waals surface area contributed by atoms with Crippen molar-refractivity contribution in [3.63, 3.8) is 0 Å². The van der Waals surface area contributed by atoms with Gasteiger partial charge in [-0.1, -0.05) is 12.1 Å². The van der Waals surface area contributed by atoms with Crippen molar-refractivity contribution in [2.45, 2.75) is 25.7 Å². The molecule has 0 saturated carbocycles. The van der Waals surface area contributed by atoms with Crippen molar-refractivity contribution >= 4 is 17.1 Å². The predicted octanol–water partition coefficient (Wildman–Crippen LogP) is 3.26. The zero-order chi connectivity index (χ0) is 13.2. The van der Waals surface area contributed by atoms with Crippen LogP contribution in [0.15, 0.2) is 24.3 Å². The third-order valence-electron chi connectivity index (χ3n) is 3.30. The summed E-state index contributed by atoms with van der Waals surface area (Å²) in [6.07, 6.45) is 3.38. The summed E-state index contributed by atoms with van der Waals surface area (Å²) in [6, 6.07) is 7.99. The van der Waals surface area contributed by atoms with Gasteiger partial charge in [-0.2, -0.15) is 0 Å². The Morgan fingerprint density at radius 2 is 2.26 bits per heavy atom. The SMILES string of the molecule is COc1cccc(Cc2nc3c(s2)CCCC3=O)c1. The third kappa shape index (κ3) is 2.54. The lowest BCUT2D eigenvalue weighted by atomic mass is 10.0. The van der Waals surface area contributed by atoms with Crippen molar-refractivity contribution in [1.29, 1.82) is 0 Å². The molecule has 0 aliphatic heterocycles. The molecule has 0 amide bonds. The van der Waals surface area contributed by atoms with Gasteiger partial charge in [0.05, 0.1) is 12.1 Å². The Labute approximate surface area is 116 Å². The van der Waals surface area contributed by atoms with Gasteiger partial charge < -0.3 is 4.74 Å². The summed E-state index contributed by atoms with van der Waals surface area (Å²) >= 11 is 1.67. The van der Waals surface area contributed by atoms with Gasteiger partial charge in [0.25, 0.3) is 0 Å². The standard InChI is InChI=1S/C15H15NO2S/c1-18-11-5-2-4-10(8-11)9-14-16-15-12(17)6-3-7-13(15)19-14/h2,4-5,8H,3,6-7,9H2,1H3. The van der Waals surface area contributed by atoms with Gasteiger partial charge in [-0.25, -0.2) is 4.98 Å². The van der Waals surface area contributed by atoms with Crippen LogP contribution in [0.1, 0.15) is 38.8 Å². The topological polar surface area (TPSA) is 39.2 Å². The molecule has 0 radical (unpaired) electrons. The van der Waals surface area contributed by atoms with E-state index in [0.717, 1.165) is 40.5 Å². The summed E-state index contributed by atoms with van der Waals surface area (Å²) in [4.78, 5) is 17.4. The number of rotatable bonds is 3. The number of carbonyl (C=O) groups excluding carboxylic acids is 1. The van der Waals surface area contributed by atoms with Crippen molar-refractivity contribution < 1.29 is 9.53 Å². The van der Waals surface area contributed by atoms with Gasteiger partial charge in [0, 0.05) is 17.7 Å². The van der Waals surface area contributed by atoms with Gasteiger partial charge in [0.1, 0.15) is 11.4 Å². The van der Waals surface area contributed by atoms with E-state index in [9.17, 15) is 4.79 Å². The molecule has 3 nitrogen and oxygen atoms in total. The smallest absolute Gasteiger partial charge is 0.182 e. The Morgan fingerprint density at radius 3 is 3.05 bits per heavy atom. The van der Waals surface area contributed by atoms with Crippen molar-refractivity contribution in [2.24, 2.45) is 0 Å². The number of ketones is 1. The van der Waals surface area contributed by atoms with Gasteiger partial charge >= 0.3 is 0 Å². The van der Waals surface area contributed by atoms with E-state index in [0.29, 0.717) is 12.1 Å². The second-order valence-electron chi connectivity index (χ2n) is 4.68. The van der Waals surface area contributed by atoms with Crippen LogP contribution < -0.4 is 4.74 Å². The number of carbonyl (C=O) groups is 1. The fourth-order valence-corrected chi connectivity index (χ4v) is 3.51. The molecule has 4 heteroatoms. The lowest BCUT2D eigenvalue weighted by molar-refractivity contribution is 0.0968. The molecule has 1 aromatic carbocycles. The molecule has 0 spiro atoms. The molecule has 1 aliphatic carbocycles. The monoisotopic (exact) mass is 273 g/mol. The summed E-state index contributed by atoms with van der Waals surface area (Å²) in [5, 5.41) is 1.02. The summed E-state index contributed by atoms with van der Waals surface area (Å²) in [7, 11) is 1.67. The van der Waals surface area contributed by atoms with E-state index in [1.54, 1.807) is 18.4 Å². The van der Waals surface area contributed by atoms with Crippen molar-refractivity contribution in [1.82, 2.24) is 4.98 Å². The van der Waals surface area contributed by atoms with Crippen molar-refractivity contribution in [3.8, 4) is 5.75 Å². The molecule has 1 heterocycles. The molecule has 3 rings (SSSR count). The minimum atomic E-state index is 0.203. The first-order valence-electron chi connectivity index (χ1n) is 6.41. The number of nitrogens with zero attached hydrogens (tertiary/aromatic N) is 1. The van der Waals surface area contributed by atoms with Gasteiger partial charge in [-0.3, -0.25) is 4.79 Å². The number of benzene rings is 1. The van der Waals surface area contributed by atoms with E-state index in [2.05, 4.69) is 11.1 Å². The van der Waals surface area contributed by atoms with Crippen LogP contribution in [-0.2, 0) is 12.8 Å². The largest absolute Gasteiger partial charge is 0.497 e. The van der Waals surface area contributed by atoms with Crippen LogP contribution >= 0.6 is 11.3 Å². The average molecular weight is 273 g/mol. The van der Waals surface area contributed by atoms with Gasteiger partial charge in [-0.15, -0.1) is 11.3 Å². The lowest BCUT2D eigenvalue weighted by Gasteiger charge is -2.06. The van der Waals surface area contributed by atoms with E-state index >= 15 is 0 Å². The van der Waals surface area contributed by atoms with E-state index in [1.165, 1.54) is 0 Å². The number of methoxy groups -OCH3 is 1. The van der Waals surface area contributed by atoms with Gasteiger partial charge in [-0.05, 0) is 30.5 Å². The maximum atomic E-state index is 11.8. The minimum Gasteiger partial charge on any atom is -0.497 e. The lowest BCUT2D eigenvalue weighted by Crippen LogP contribution is -2.08. The van der Waals surface area contributed by atoms with Crippen molar-refractivity contribution in [3.05, 3.63) is 45.4 Å². The summed E-state index contributed by atoms with van der Waals surface area (Å²) in [6.45, 7) is 0. The number of aromatic nitrogens is 1. The van der Waals surface area contributed by atoms with Crippen LogP contribution in [0.25, 0.3) is 0 Å². The molecule has 0 N–H and O–H groups in total. The first-order valence-corrected chi connectivity index (χ1v) is 7.22. The highest BCUT2D eigenvalue weighted by molar-refractivity contribution is 7.12. The number of ether oxygens (including phenoxy) is 1. The Morgan fingerprint density at radius 1 is 1.37 bits per heavy atom. The quantitative estimate of drug-likeness (QED) is 0.861. The number of hydrogen-bond acceptors (Lipinski definition) is 4. The molecule has 19 heavy (non-hydrogen) atoms. The molecule has 2 aromatic rings. The van der Waals surface area contributed by atoms with Gasteiger partial charge in [0.2, 0.25) is 0 Å². The molecular formula is C15H15NO2S. The number of Topliss-reactive ketones (excluding diaryl/α,β-unsaturated/α-hetero) is 1.